The van der Waals surface area contributed by atoms with Gasteiger partial charge in [0, 0.05) is 34.4 Å². The molecule has 0 radical (unpaired) electrons. The Hall–Kier alpha value is -3.47. The summed E-state index contributed by atoms with van der Waals surface area (Å²) in [6.07, 6.45) is 1.37. The molecule has 3 heterocycles. The Bertz CT molecular complexity index is 1320. The standard InChI is InChI=1S/C26H26N2O3/c1-5-16-12-20(26(29)30)22-13-19-18-8-6-7-9-21(18)27-24(19)25(28(16)22)23-14(2)10-17(31-4)11-15(23)3/h6-12,25,27H,5,13H2,1-4H3,(H,29,30). The predicted octanol–water partition coefficient (Wildman–Crippen LogP) is 5.40. The summed E-state index contributed by atoms with van der Waals surface area (Å²) < 4.78 is 7.75. The summed E-state index contributed by atoms with van der Waals surface area (Å²) in [5.41, 5.74) is 9.19. The topological polar surface area (TPSA) is 67.2 Å². The van der Waals surface area contributed by atoms with Crippen LogP contribution in [0.2, 0.25) is 0 Å². The molecule has 1 atom stereocenters. The van der Waals surface area contributed by atoms with Crippen LogP contribution in [0, 0.1) is 13.8 Å². The number of aromatic amines is 1. The number of aryl methyl sites for hydroxylation is 3. The Morgan fingerprint density at radius 3 is 2.55 bits per heavy atom. The third kappa shape index (κ3) is 2.80. The molecule has 0 fully saturated rings. The molecule has 2 aromatic heterocycles. The lowest BCUT2D eigenvalue weighted by Gasteiger charge is -2.32. The van der Waals surface area contributed by atoms with E-state index in [1.165, 1.54) is 11.1 Å². The largest absolute Gasteiger partial charge is 0.497 e. The van der Waals surface area contributed by atoms with Gasteiger partial charge in [0.15, 0.2) is 0 Å². The van der Waals surface area contributed by atoms with Crippen molar-refractivity contribution in [2.75, 3.05) is 7.11 Å². The summed E-state index contributed by atoms with van der Waals surface area (Å²) in [5.74, 6) is -0.0326. The normalized spacial score (nSPS) is 15.0. The molecule has 0 spiro atoms. The molecule has 4 aromatic rings. The first-order chi connectivity index (χ1) is 14.9. The number of fused-ring (bicyclic) bond motifs is 4. The minimum absolute atomic E-state index is 0.111. The van der Waals surface area contributed by atoms with E-state index < -0.39 is 5.97 Å². The van der Waals surface area contributed by atoms with Crippen molar-refractivity contribution >= 4 is 16.9 Å². The van der Waals surface area contributed by atoms with Crippen LogP contribution in [0.3, 0.4) is 0 Å². The van der Waals surface area contributed by atoms with Gasteiger partial charge in [-0.1, -0.05) is 25.1 Å². The number of para-hydroxylation sites is 1. The Morgan fingerprint density at radius 2 is 1.90 bits per heavy atom. The smallest absolute Gasteiger partial charge is 0.337 e. The molecular formula is C26H26N2O3. The molecular weight excluding hydrogens is 388 g/mol. The van der Waals surface area contributed by atoms with Gasteiger partial charge in [0.05, 0.1) is 18.7 Å². The van der Waals surface area contributed by atoms with Crippen LogP contribution >= 0.6 is 0 Å². The van der Waals surface area contributed by atoms with Crippen LogP contribution in [-0.2, 0) is 12.8 Å². The van der Waals surface area contributed by atoms with E-state index in [1.54, 1.807) is 7.11 Å². The number of ether oxygens (including phenoxy) is 1. The number of hydrogen-bond donors (Lipinski definition) is 2. The molecule has 5 rings (SSSR count). The van der Waals surface area contributed by atoms with Crippen molar-refractivity contribution in [2.24, 2.45) is 0 Å². The molecule has 0 saturated heterocycles. The first kappa shape index (κ1) is 19.5. The highest BCUT2D eigenvalue weighted by molar-refractivity contribution is 5.91. The fourth-order valence-corrected chi connectivity index (χ4v) is 5.28. The maximum atomic E-state index is 12.1. The number of carboxylic acids is 1. The monoisotopic (exact) mass is 414 g/mol. The van der Waals surface area contributed by atoms with Crippen molar-refractivity contribution in [1.82, 2.24) is 9.55 Å². The molecule has 2 N–H and O–H groups in total. The molecule has 158 valence electrons. The van der Waals surface area contributed by atoms with Crippen molar-refractivity contribution in [1.29, 1.82) is 0 Å². The summed E-state index contributed by atoms with van der Waals surface area (Å²) in [4.78, 5) is 15.8. The van der Waals surface area contributed by atoms with Crippen LogP contribution in [0.15, 0.2) is 42.5 Å². The average molecular weight is 415 g/mol. The molecule has 2 aromatic carbocycles. The van der Waals surface area contributed by atoms with E-state index in [0.29, 0.717) is 12.0 Å². The highest BCUT2D eigenvalue weighted by Gasteiger charge is 2.35. The van der Waals surface area contributed by atoms with Gasteiger partial charge in [0.1, 0.15) is 5.75 Å². The maximum Gasteiger partial charge on any atom is 0.337 e. The molecule has 1 aliphatic heterocycles. The Balaban J connectivity index is 1.88. The number of carbonyl (C=O) groups is 1. The van der Waals surface area contributed by atoms with E-state index in [-0.39, 0.29) is 6.04 Å². The zero-order valence-corrected chi connectivity index (χ0v) is 18.2. The third-order valence-corrected chi connectivity index (χ3v) is 6.61. The van der Waals surface area contributed by atoms with Crippen molar-refractivity contribution in [3.05, 3.63) is 87.4 Å². The second kappa shape index (κ2) is 7.05. The van der Waals surface area contributed by atoms with Crippen LogP contribution in [-0.4, -0.2) is 27.7 Å². The van der Waals surface area contributed by atoms with Gasteiger partial charge in [-0.2, -0.15) is 0 Å². The van der Waals surface area contributed by atoms with E-state index in [9.17, 15) is 9.90 Å². The Kier molecular flexibility index (Phi) is 4.43. The first-order valence-electron chi connectivity index (χ1n) is 10.7. The van der Waals surface area contributed by atoms with E-state index in [0.717, 1.165) is 51.3 Å². The Morgan fingerprint density at radius 1 is 1.19 bits per heavy atom. The lowest BCUT2D eigenvalue weighted by Crippen LogP contribution is -2.25. The van der Waals surface area contributed by atoms with E-state index in [1.807, 2.05) is 18.2 Å². The first-order valence-corrected chi connectivity index (χ1v) is 10.7. The molecule has 0 bridgehead atoms. The van der Waals surface area contributed by atoms with Gasteiger partial charge >= 0.3 is 5.97 Å². The molecule has 5 heteroatoms. The van der Waals surface area contributed by atoms with E-state index in [2.05, 4.69) is 54.6 Å². The van der Waals surface area contributed by atoms with Gasteiger partial charge in [-0.25, -0.2) is 4.79 Å². The number of nitrogens with zero attached hydrogens (tertiary/aromatic N) is 1. The number of aromatic carboxylic acids is 1. The minimum Gasteiger partial charge on any atom is -0.497 e. The number of methoxy groups -OCH3 is 1. The van der Waals surface area contributed by atoms with E-state index in [4.69, 9.17) is 4.74 Å². The lowest BCUT2D eigenvalue weighted by atomic mass is 9.87. The molecule has 0 amide bonds. The van der Waals surface area contributed by atoms with Crippen molar-refractivity contribution in [2.45, 2.75) is 39.7 Å². The fourth-order valence-electron chi connectivity index (χ4n) is 5.28. The molecule has 1 unspecified atom stereocenters. The second-order valence-electron chi connectivity index (χ2n) is 8.34. The second-order valence-corrected chi connectivity index (χ2v) is 8.34. The summed E-state index contributed by atoms with van der Waals surface area (Å²) in [5, 5.41) is 11.1. The third-order valence-electron chi connectivity index (χ3n) is 6.61. The fraction of sp³-hybridized carbons (Fsp3) is 0.269. The van der Waals surface area contributed by atoms with Crippen molar-refractivity contribution < 1.29 is 14.6 Å². The predicted molar refractivity (Wildman–Crippen MR) is 122 cm³/mol. The molecule has 0 saturated carbocycles. The maximum absolute atomic E-state index is 12.1. The van der Waals surface area contributed by atoms with Gasteiger partial charge < -0.3 is 19.4 Å². The average Bonchev–Trinajstić information content (AvgIpc) is 3.31. The van der Waals surface area contributed by atoms with Gasteiger partial charge in [-0.05, 0) is 66.8 Å². The number of aromatic nitrogens is 2. The van der Waals surface area contributed by atoms with Gasteiger partial charge in [0.25, 0.3) is 0 Å². The number of nitrogens with one attached hydrogen (secondary N) is 1. The zero-order valence-electron chi connectivity index (χ0n) is 18.2. The number of benzene rings is 2. The lowest BCUT2D eigenvalue weighted by molar-refractivity contribution is 0.0695. The number of carboxylic acid groups (broad SMARTS) is 1. The summed E-state index contributed by atoms with van der Waals surface area (Å²) in [6.45, 7) is 6.29. The van der Waals surface area contributed by atoms with Crippen LogP contribution in [0.1, 0.15) is 62.7 Å². The van der Waals surface area contributed by atoms with Crippen LogP contribution < -0.4 is 4.74 Å². The van der Waals surface area contributed by atoms with Crippen LogP contribution in [0.5, 0.6) is 5.75 Å². The van der Waals surface area contributed by atoms with Gasteiger partial charge in [-0.3, -0.25) is 0 Å². The molecule has 1 aliphatic rings. The van der Waals surface area contributed by atoms with Crippen LogP contribution in [0.25, 0.3) is 10.9 Å². The summed E-state index contributed by atoms with van der Waals surface area (Å²) in [7, 11) is 1.68. The van der Waals surface area contributed by atoms with E-state index >= 15 is 0 Å². The number of rotatable bonds is 4. The molecule has 0 aliphatic carbocycles. The van der Waals surface area contributed by atoms with Gasteiger partial charge in [0.2, 0.25) is 0 Å². The van der Waals surface area contributed by atoms with Crippen LogP contribution in [0.4, 0.5) is 0 Å². The number of H-pyrrole nitrogens is 1. The summed E-state index contributed by atoms with van der Waals surface area (Å²) >= 11 is 0. The van der Waals surface area contributed by atoms with Gasteiger partial charge in [-0.15, -0.1) is 0 Å². The SMILES string of the molecule is CCc1cc(C(=O)O)c2n1C(c1c(C)cc(OC)cc1C)c1[nH]c3ccccc3c1C2. The highest BCUT2D eigenvalue weighted by Crippen LogP contribution is 2.44. The minimum atomic E-state index is -0.867. The molecule has 5 nitrogen and oxygen atoms in total. The molecule has 31 heavy (non-hydrogen) atoms. The van der Waals surface area contributed by atoms with Crippen molar-refractivity contribution in [3.63, 3.8) is 0 Å². The summed E-state index contributed by atoms with van der Waals surface area (Å²) in [6, 6.07) is 14.1. The highest BCUT2D eigenvalue weighted by atomic mass is 16.5. The number of hydrogen-bond acceptors (Lipinski definition) is 2. The van der Waals surface area contributed by atoms with Crippen molar-refractivity contribution in [3.8, 4) is 5.75 Å². The Labute approximate surface area is 181 Å². The zero-order chi connectivity index (χ0) is 21.9. The quantitative estimate of drug-likeness (QED) is 0.414.